The lowest BCUT2D eigenvalue weighted by atomic mass is 10.1. The summed E-state index contributed by atoms with van der Waals surface area (Å²) in [5.74, 6) is 1.46. The number of rotatable bonds is 3. The molecule has 7 heteroatoms. The SMILES string of the molecule is COc1ccc(-c2nc(-c3ccn(C)n3)no2)c(N)c1. The predicted octanol–water partition coefficient (Wildman–Crippen LogP) is 1.73. The second-order valence-corrected chi connectivity index (χ2v) is 4.25. The Labute approximate surface area is 115 Å². The van der Waals surface area contributed by atoms with E-state index in [9.17, 15) is 0 Å². The number of hydrogen-bond donors (Lipinski definition) is 1. The molecule has 0 bridgehead atoms. The molecule has 20 heavy (non-hydrogen) atoms. The van der Waals surface area contributed by atoms with Gasteiger partial charge in [-0.15, -0.1) is 0 Å². The van der Waals surface area contributed by atoms with E-state index in [1.807, 2.05) is 19.3 Å². The van der Waals surface area contributed by atoms with Gasteiger partial charge in [0, 0.05) is 25.0 Å². The van der Waals surface area contributed by atoms with Crippen LogP contribution in [0, 0.1) is 0 Å². The van der Waals surface area contributed by atoms with Crippen molar-refractivity contribution in [1.29, 1.82) is 0 Å². The first-order chi connectivity index (χ1) is 9.67. The van der Waals surface area contributed by atoms with Gasteiger partial charge in [-0.2, -0.15) is 10.1 Å². The minimum absolute atomic E-state index is 0.353. The van der Waals surface area contributed by atoms with Crippen molar-refractivity contribution in [2.24, 2.45) is 7.05 Å². The summed E-state index contributed by atoms with van der Waals surface area (Å²) in [6, 6.07) is 7.09. The zero-order valence-corrected chi connectivity index (χ0v) is 11.1. The molecule has 0 unspecified atom stereocenters. The van der Waals surface area contributed by atoms with Gasteiger partial charge in [-0.1, -0.05) is 5.16 Å². The topological polar surface area (TPSA) is 92.0 Å². The van der Waals surface area contributed by atoms with Crippen molar-refractivity contribution in [1.82, 2.24) is 19.9 Å². The molecule has 7 nitrogen and oxygen atoms in total. The molecule has 0 radical (unpaired) electrons. The van der Waals surface area contributed by atoms with Crippen molar-refractivity contribution in [3.8, 4) is 28.7 Å². The number of hydrogen-bond acceptors (Lipinski definition) is 6. The van der Waals surface area contributed by atoms with Gasteiger partial charge in [-0.05, 0) is 18.2 Å². The van der Waals surface area contributed by atoms with Crippen LogP contribution in [0.15, 0.2) is 35.0 Å². The lowest BCUT2D eigenvalue weighted by Gasteiger charge is -2.03. The second-order valence-electron chi connectivity index (χ2n) is 4.25. The zero-order chi connectivity index (χ0) is 14.1. The summed E-state index contributed by atoms with van der Waals surface area (Å²) in [7, 11) is 3.41. The van der Waals surface area contributed by atoms with E-state index in [2.05, 4.69) is 15.2 Å². The smallest absolute Gasteiger partial charge is 0.260 e. The Bertz CT molecular complexity index is 747. The van der Waals surface area contributed by atoms with Crippen molar-refractivity contribution in [3.05, 3.63) is 30.5 Å². The van der Waals surface area contributed by atoms with E-state index in [0.717, 1.165) is 0 Å². The number of nitrogens with zero attached hydrogens (tertiary/aromatic N) is 4. The van der Waals surface area contributed by atoms with Gasteiger partial charge in [0.25, 0.3) is 5.89 Å². The van der Waals surface area contributed by atoms with E-state index >= 15 is 0 Å². The van der Waals surface area contributed by atoms with E-state index < -0.39 is 0 Å². The van der Waals surface area contributed by atoms with E-state index in [1.165, 1.54) is 0 Å². The van der Waals surface area contributed by atoms with Gasteiger partial charge < -0.3 is 15.0 Å². The van der Waals surface area contributed by atoms with Crippen LogP contribution in [-0.4, -0.2) is 27.0 Å². The monoisotopic (exact) mass is 271 g/mol. The van der Waals surface area contributed by atoms with Gasteiger partial charge in [0.2, 0.25) is 5.82 Å². The molecule has 3 aromatic rings. The summed E-state index contributed by atoms with van der Waals surface area (Å²) in [6.07, 6.45) is 1.81. The van der Waals surface area contributed by atoms with Crippen molar-refractivity contribution in [2.75, 3.05) is 12.8 Å². The minimum Gasteiger partial charge on any atom is -0.497 e. The Morgan fingerprint density at radius 3 is 2.80 bits per heavy atom. The van der Waals surface area contributed by atoms with Gasteiger partial charge >= 0.3 is 0 Å². The summed E-state index contributed by atoms with van der Waals surface area (Å²) in [5.41, 5.74) is 7.78. The van der Waals surface area contributed by atoms with Gasteiger partial charge in [0.1, 0.15) is 11.4 Å². The molecular weight excluding hydrogens is 258 g/mol. The third-order valence-electron chi connectivity index (χ3n) is 2.86. The Balaban J connectivity index is 1.98. The molecule has 0 saturated carbocycles. The average molecular weight is 271 g/mol. The van der Waals surface area contributed by atoms with Gasteiger partial charge in [-0.25, -0.2) is 0 Å². The number of methoxy groups -OCH3 is 1. The molecular formula is C13H13N5O2. The summed E-state index contributed by atoms with van der Waals surface area (Å²) in [5, 5.41) is 8.13. The quantitative estimate of drug-likeness (QED) is 0.729. The lowest BCUT2D eigenvalue weighted by molar-refractivity contribution is 0.414. The highest BCUT2D eigenvalue weighted by Gasteiger charge is 2.14. The number of nitrogens with two attached hydrogens (primary N) is 1. The van der Waals surface area contributed by atoms with Crippen LogP contribution < -0.4 is 10.5 Å². The van der Waals surface area contributed by atoms with Crippen LogP contribution in [0.1, 0.15) is 0 Å². The summed E-state index contributed by atoms with van der Waals surface area (Å²) >= 11 is 0. The van der Waals surface area contributed by atoms with E-state index in [-0.39, 0.29) is 0 Å². The lowest BCUT2D eigenvalue weighted by Crippen LogP contribution is -1.92. The molecule has 0 aliphatic rings. The summed E-state index contributed by atoms with van der Waals surface area (Å²) in [6.45, 7) is 0. The van der Waals surface area contributed by atoms with Crippen LogP contribution in [0.4, 0.5) is 5.69 Å². The minimum atomic E-state index is 0.353. The Morgan fingerprint density at radius 2 is 2.15 bits per heavy atom. The number of aryl methyl sites for hydroxylation is 1. The Morgan fingerprint density at radius 1 is 1.30 bits per heavy atom. The van der Waals surface area contributed by atoms with Gasteiger partial charge in [0.05, 0.1) is 12.7 Å². The predicted molar refractivity (Wildman–Crippen MR) is 72.9 cm³/mol. The molecule has 1 aromatic carbocycles. The summed E-state index contributed by atoms with van der Waals surface area (Å²) in [4.78, 5) is 4.31. The Hall–Kier alpha value is -2.83. The number of ether oxygens (including phenoxy) is 1. The van der Waals surface area contributed by atoms with E-state index in [4.69, 9.17) is 15.0 Å². The maximum atomic E-state index is 5.95. The molecule has 0 aliphatic carbocycles. The zero-order valence-electron chi connectivity index (χ0n) is 11.1. The highest BCUT2D eigenvalue weighted by atomic mass is 16.5. The van der Waals surface area contributed by atoms with Gasteiger partial charge in [-0.3, -0.25) is 4.68 Å². The molecule has 102 valence electrons. The first-order valence-electron chi connectivity index (χ1n) is 5.95. The van der Waals surface area contributed by atoms with E-state index in [0.29, 0.717) is 34.4 Å². The third kappa shape index (κ3) is 2.09. The van der Waals surface area contributed by atoms with Crippen LogP contribution in [0.3, 0.4) is 0 Å². The molecule has 0 aliphatic heterocycles. The van der Waals surface area contributed by atoms with Crippen molar-refractivity contribution in [3.63, 3.8) is 0 Å². The molecule has 3 rings (SSSR count). The van der Waals surface area contributed by atoms with Crippen molar-refractivity contribution >= 4 is 5.69 Å². The number of benzene rings is 1. The first-order valence-corrected chi connectivity index (χ1v) is 5.95. The number of anilines is 1. The third-order valence-corrected chi connectivity index (χ3v) is 2.86. The first kappa shape index (κ1) is 12.2. The average Bonchev–Trinajstić information content (AvgIpc) is 3.07. The van der Waals surface area contributed by atoms with E-state index in [1.54, 1.807) is 30.0 Å². The second kappa shape index (κ2) is 4.69. The molecule has 0 atom stereocenters. The molecule has 0 fully saturated rings. The maximum Gasteiger partial charge on any atom is 0.260 e. The molecule has 2 N–H and O–H groups in total. The van der Waals surface area contributed by atoms with Crippen LogP contribution >= 0.6 is 0 Å². The highest BCUT2D eigenvalue weighted by molar-refractivity contribution is 5.72. The fourth-order valence-electron chi connectivity index (χ4n) is 1.83. The van der Waals surface area contributed by atoms with Crippen LogP contribution in [0.2, 0.25) is 0 Å². The van der Waals surface area contributed by atoms with Crippen molar-refractivity contribution in [2.45, 2.75) is 0 Å². The molecule has 0 saturated heterocycles. The highest BCUT2D eigenvalue weighted by Crippen LogP contribution is 2.29. The largest absolute Gasteiger partial charge is 0.497 e. The fraction of sp³-hybridized carbons (Fsp3) is 0.154. The number of nitrogen functional groups attached to an aromatic ring is 1. The molecule has 2 aromatic heterocycles. The number of aromatic nitrogens is 4. The normalized spacial score (nSPS) is 10.7. The van der Waals surface area contributed by atoms with Crippen LogP contribution in [0.25, 0.3) is 23.0 Å². The molecule has 0 amide bonds. The van der Waals surface area contributed by atoms with Gasteiger partial charge in [0.15, 0.2) is 0 Å². The summed E-state index contributed by atoms with van der Waals surface area (Å²) < 4.78 is 12.0. The molecule has 0 spiro atoms. The maximum absolute atomic E-state index is 5.95. The fourth-order valence-corrected chi connectivity index (χ4v) is 1.83. The van der Waals surface area contributed by atoms with Crippen LogP contribution in [-0.2, 0) is 7.05 Å². The standard InChI is InChI=1S/C13H13N5O2/c1-18-6-5-11(16-18)12-15-13(20-17-12)9-4-3-8(19-2)7-10(9)14/h3-7H,14H2,1-2H3. The van der Waals surface area contributed by atoms with Crippen molar-refractivity contribution < 1.29 is 9.26 Å². The van der Waals surface area contributed by atoms with Crippen LogP contribution in [0.5, 0.6) is 5.75 Å². The molecule has 2 heterocycles. The Kier molecular flexibility index (Phi) is 2.86.